The highest BCUT2D eigenvalue weighted by atomic mass is 16.3. The van der Waals surface area contributed by atoms with Gasteiger partial charge in [0.2, 0.25) is 0 Å². The summed E-state index contributed by atoms with van der Waals surface area (Å²) in [7, 11) is 0. The molecule has 2 heterocycles. The quantitative estimate of drug-likeness (QED) is 0.767. The second-order valence-electron chi connectivity index (χ2n) is 4.35. The Hall–Kier alpha value is -0.940. The summed E-state index contributed by atoms with van der Waals surface area (Å²) in [4.78, 5) is 4.20. The molecule has 0 aromatic carbocycles. The van der Waals surface area contributed by atoms with Crippen molar-refractivity contribution in [3.63, 3.8) is 0 Å². The third-order valence-electron chi connectivity index (χ3n) is 3.31. The first kappa shape index (κ1) is 11.5. The first-order chi connectivity index (χ1) is 7.81. The summed E-state index contributed by atoms with van der Waals surface area (Å²) >= 11 is 0. The van der Waals surface area contributed by atoms with Crippen molar-refractivity contribution in [1.82, 2.24) is 20.1 Å². The van der Waals surface area contributed by atoms with Gasteiger partial charge < -0.3 is 10.4 Å². The van der Waals surface area contributed by atoms with Crippen molar-refractivity contribution in [2.75, 3.05) is 13.1 Å². The van der Waals surface area contributed by atoms with E-state index in [1.807, 2.05) is 11.6 Å². The van der Waals surface area contributed by atoms with E-state index in [4.69, 9.17) is 0 Å². The number of piperidine rings is 1. The molecule has 5 nitrogen and oxygen atoms in total. The maximum absolute atomic E-state index is 10.2. The zero-order chi connectivity index (χ0) is 11.4. The van der Waals surface area contributed by atoms with Crippen LogP contribution in [0.3, 0.4) is 0 Å². The molecule has 1 aliphatic rings. The highest BCUT2D eigenvalue weighted by Crippen LogP contribution is 2.18. The SMILES string of the molecule is CCn1ncnc1CC(O)C1CCNCC1. The van der Waals surface area contributed by atoms with Crippen LogP contribution in [0.1, 0.15) is 25.6 Å². The number of nitrogens with zero attached hydrogens (tertiary/aromatic N) is 3. The molecule has 5 heteroatoms. The van der Waals surface area contributed by atoms with Gasteiger partial charge in [-0.15, -0.1) is 0 Å². The first-order valence-electron chi connectivity index (χ1n) is 6.06. The van der Waals surface area contributed by atoms with Crippen LogP contribution in [0.2, 0.25) is 0 Å². The molecule has 0 saturated carbocycles. The average molecular weight is 224 g/mol. The third-order valence-corrected chi connectivity index (χ3v) is 3.31. The molecular weight excluding hydrogens is 204 g/mol. The number of aliphatic hydroxyl groups is 1. The van der Waals surface area contributed by atoms with Crippen molar-refractivity contribution >= 4 is 0 Å². The van der Waals surface area contributed by atoms with E-state index in [0.29, 0.717) is 12.3 Å². The normalized spacial score (nSPS) is 19.9. The third kappa shape index (κ3) is 2.59. The molecule has 0 aliphatic carbocycles. The van der Waals surface area contributed by atoms with Gasteiger partial charge in [-0.2, -0.15) is 5.10 Å². The second kappa shape index (κ2) is 5.41. The van der Waals surface area contributed by atoms with Gasteiger partial charge in [-0.1, -0.05) is 0 Å². The van der Waals surface area contributed by atoms with Gasteiger partial charge in [-0.05, 0) is 38.8 Å². The maximum atomic E-state index is 10.2. The minimum atomic E-state index is -0.281. The monoisotopic (exact) mass is 224 g/mol. The van der Waals surface area contributed by atoms with E-state index in [9.17, 15) is 5.11 Å². The van der Waals surface area contributed by atoms with E-state index in [-0.39, 0.29) is 6.10 Å². The summed E-state index contributed by atoms with van der Waals surface area (Å²) in [5, 5.41) is 17.6. The fraction of sp³-hybridized carbons (Fsp3) is 0.818. The second-order valence-corrected chi connectivity index (χ2v) is 4.35. The lowest BCUT2D eigenvalue weighted by atomic mass is 9.90. The average Bonchev–Trinajstić information content (AvgIpc) is 2.77. The Labute approximate surface area is 95.9 Å². The van der Waals surface area contributed by atoms with E-state index in [0.717, 1.165) is 38.3 Å². The Morgan fingerprint density at radius 3 is 3.00 bits per heavy atom. The molecule has 90 valence electrons. The molecule has 1 fully saturated rings. The lowest BCUT2D eigenvalue weighted by Gasteiger charge is -2.26. The molecule has 1 saturated heterocycles. The Bertz CT molecular complexity index is 320. The zero-order valence-corrected chi connectivity index (χ0v) is 9.76. The molecule has 1 aromatic heterocycles. The van der Waals surface area contributed by atoms with E-state index >= 15 is 0 Å². The number of aromatic nitrogens is 3. The predicted molar refractivity (Wildman–Crippen MR) is 61.0 cm³/mol. The molecule has 1 aromatic rings. The number of hydrogen-bond donors (Lipinski definition) is 2. The van der Waals surface area contributed by atoms with Crippen LogP contribution < -0.4 is 5.32 Å². The van der Waals surface area contributed by atoms with Crippen LogP contribution in [0.4, 0.5) is 0 Å². The lowest BCUT2D eigenvalue weighted by Crippen LogP contribution is -2.35. The van der Waals surface area contributed by atoms with E-state index < -0.39 is 0 Å². The van der Waals surface area contributed by atoms with Crippen LogP contribution in [0.15, 0.2) is 6.33 Å². The van der Waals surface area contributed by atoms with E-state index in [1.54, 1.807) is 6.33 Å². The Kier molecular flexibility index (Phi) is 3.90. The van der Waals surface area contributed by atoms with Crippen LogP contribution in [0.5, 0.6) is 0 Å². The fourth-order valence-electron chi connectivity index (χ4n) is 2.29. The molecular formula is C11H20N4O. The topological polar surface area (TPSA) is 63.0 Å². The molecule has 2 rings (SSSR count). The van der Waals surface area contributed by atoms with E-state index in [2.05, 4.69) is 15.4 Å². The molecule has 2 N–H and O–H groups in total. The van der Waals surface area contributed by atoms with Gasteiger partial charge in [-0.3, -0.25) is 4.68 Å². The number of hydrogen-bond acceptors (Lipinski definition) is 4. The maximum Gasteiger partial charge on any atom is 0.138 e. The van der Waals surface area contributed by atoms with Gasteiger partial charge in [0.05, 0.1) is 6.10 Å². The number of nitrogens with one attached hydrogen (secondary N) is 1. The van der Waals surface area contributed by atoms with E-state index in [1.165, 1.54) is 0 Å². The van der Waals surface area contributed by atoms with Crippen LogP contribution in [0, 0.1) is 5.92 Å². The minimum absolute atomic E-state index is 0.281. The van der Waals surface area contributed by atoms with Crippen molar-refractivity contribution < 1.29 is 5.11 Å². The van der Waals surface area contributed by atoms with Crippen molar-refractivity contribution in [3.05, 3.63) is 12.2 Å². The number of rotatable bonds is 4. The predicted octanol–water partition coefficient (Wildman–Crippen LogP) is 0.201. The van der Waals surface area contributed by atoms with Gasteiger partial charge in [0.25, 0.3) is 0 Å². The van der Waals surface area contributed by atoms with Crippen LogP contribution in [-0.2, 0) is 13.0 Å². The molecule has 0 radical (unpaired) electrons. The smallest absolute Gasteiger partial charge is 0.138 e. The highest BCUT2D eigenvalue weighted by Gasteiger charge is 2.23. The van der Waals surface area contributed by atoms with Crippen molar-refractivity contribution in [3.8, 4) is 0 Å². The van der Waals surface area contributed by atoms with Gasteiger partial charge in [0, 0.05) is 13.0 Å². The highest BCUT2D eigenvalue weighted by molar-refractivity contribution is 4.90. The molecule has 0 spiro atoms. The fourth-order valence-corrected chi connectivity index (χ4v) is 2.29. The summed E-state index contributed by atoms with van der Waals surface area (Å²) in [5.74, 6) is 1.30. The van der Waals surface area contributed by atoms with Gasteiger partial charge in [-0.25, -0.2) is 4.98 Å². The largest absolute Gasteiger partial charge is 0.392 e. The van der Waals surface area contributed by atoms with Crippen LogP contribution in [-0.4, -0.2) is 39.1 Å². The van der Waals surface area contributed by atoms with Crippen molar-refractivity contribution in [1.29, 1.82) is 0 Å². The number of aliphatic hydroxyl groups excluding tert-OH is 1. The standard InChI is InChI=1S/C11H20N4O/c1-2-15-11(13-8-14-15)7-10(16)9-3-5-12-6-4-9/h8-10,12,16H,2-7H2,1H3. The van der Waals surface area contributed by atoms with Crippen molar-refractivity contribution in [2.24, 2.45) is 5.92 Å². The summed E-state index contributed by atoms with van der Waals surface area (Å²) in [6.45, 7) is 4.88. The Morgan fingerprint density at radius 2 is 2.31 bits per heavy atom. The number of aryl methyl sites for hydroxylation is 1. The summed E-state index contributed by atoms with van der Waals surface area (Å²) in [6.07, 6.45) is 4.02. The van der Waals surface area contributed by atoms with Crippen LogP contribution in [0.25, 0.3) is 0 Å². The minimum Gasteiger partial charge on any atom is -0.392 e. The lowest BCUT2D eigenvalue weighted by molar-refractivity contribution is 0.0862. The molecule has 1 aliphatic heterocycles. The van der Waals surface area contributed by atoms with Gasteiger partial charge in [0.1, 0.15) is 12.2 Å². The summed E-state index contributed by atoms with van der Waals surface area (Å²) in [6, 6.07) is 0. The molecule has 16 heavy (non-hydrogen) atoms. The van der Waals surface area contributed by atoms with Crippen molar-refractivity contribution in [2.45, 2.75) is 38.8 Å². The van der Waals surface area contributed by atoms with Gasteiger partial charge in [0.15, 0.2) is 0 Å². The molecule has 1 unspecified atom stereocenters. The molecule has 0 amide bonds. The zero-order valence-electron chi connectivity index (χ0n) is 9.76. The Morgan fingerprint density at radius 1 is 1.56 bits per heavy atom. The van der Waals surface area contributed by atoms with Crippen LogP contribution >= 0.6 is 0 Å². The molecule has 0 bridgehead atoms. The summed E-state index contributed by atoms with van der Waals surface area (Å²) in [5.41, 5.74) is 0. The molecule has 1 atom stereocenters. The summed E-state index contributed by atoms with van der Waals surface area (Å²) < 4.78 is 1.85. The Balaban J connectivity index is 1.93. The van der Waals surface area contributed by atoms with Gasteiger partial charge >= 0.3 is 0 Å². The first-order valence-corrected chi connectivity index (χ1v) is 6.06.